The van der Waals surface area contributed by atoms with E-state index in [0.29, 0.717) is 19.8 Å². The summed E-state index contributed by atoms with van der Waals surface area (Å²) >= 11 is 0. The molecule has 0 saturated heterocycles. The van der Waals surface area contributed by atoms with Gasteiger partial charge in [-0.1, -0.05) is 44.2 Å². The van der Waals surface area contributed by atoms with E-state index in [1.54, 1.807) is 0 Å². The van der Waals surface area contributed by atoms with Gasteiger partial charge in [0, 0.05) is 6.61 Å². The van der Waals surface area contributed by atoms with E-state index in [1.807, 2.05) is 37.3 Å². The maximum atomic E-state index is 9.83. The maximum Gasteiger partial charge on any atom is 0.0905 e. The molecule has 0 radical (unpaired) electrons. The molecule has 0 aliphatic carbocycles. The molecular formula is C16H27NO3. The van der Waals surface area contributed by atoms with Gasteiger partial charge in [-0.2, -0.15) is 0 Å². The Kier molecular flexibility index (Phi) is 8.46. The number of rotatable bonds is 11. The van der Waals surface area contributed by atoms with Crippen molar-refractivity contribution in [3.63, 3.8) is 0 Å². The third kappa shape index (κ3) is 5.21. The Labute approximate surface area is 122 Å². The lowest BCUT2D eigenvalue weighted by Gasteiger charge is -2.33. The molecule has 0 spiro atoms. The van der Waals surface area contributed by atoms with Crippen LogP contribution in [0.3, 0.4) is 0 Å². The van der Waals surface area contributed by atoms with Crippen LogP contribution in [0.2, 0.25) is 0 Å². The van der Waals surface area contributed by atoms with Gasteiger partial charge in [-0.3, -0.25) is 0 Å². The van der Waals surface area contributed by atoms with Gasteiger partial charge in [0.15, 0.2) is 0 Å². The molecule has 0 amide bonds. The molecule has 114 valence electrons. The fraction of sp³-hybridized carbons (Fsp3) is 0.625. The predicted octanol–water partition coefficient (Wildman–Crippen LogP) is 1.93. The van der Waals surface area contributed by atoms with Crippen molar-refractivity contribution in [3.05, 3.63) is 35.9 Å². The summed E-state index contributed by atoms with van der Waals surface area (Å²) in [6.07, 6.45) is 1.02. The second-order valence-electron chi connectivity index (χ2n) is 4.80. The Morgan fingerprint density at radius 3 is 2.35 bits per heavy atom. The number of nitrogens with one attached hydrogen (secondary N) is 1. The standard InChI is InChI=1S/C16H27NO3/c1-3-10-19-11-12-20-14-16(13-18,17-4-2)15-8-6-5-7-9-15/h5-9,17-18H,3-4,10-14H2,1-2H3. The first-order valence-corrected chi connectivity index (χ1v) is 7.36. The fourth-order valence-electron chi connectivity index (χ4n) is 2.14. The number of hydrogen-bond acceptors (Lipinski definition) is 4. The van der Waals surface area contributed by atoms with Crippen molar-refractivity contribution in [1.82, 2.24) is 5.32 Å². The molecule has 0 bridgehead atoms. The van der Waals surface area contributed by atoms with Gasteiger partial charge in [0.1, 0.15) is 0 Å². The van der Waals surface area contributed by atoms with E-state index in [-0.39, 0.29) is 6.61 Å². The Balaban J connectivity index is 2.56. The molecule has 1 rings (SSSR count). The summed E-state index contributed by atoms with van der Waals surface area (Å²) in [7, 11) is 0. The lowest BCUT2D eigenvalue weighted by atomic mass is 9.91. The zero-order chi connectivity index (χ0) is 14.7. The third-order valence-corrected chi connectivity index (χ3v) is 3.18. The Hall–Kier alpha value is -0.940. The minimum absolute atomic E-state index is 0.000665. The number of likely N-dealkylation sites (N-methyl/N-ethyl adjacent to an activating group) is 1. The first kappa shape index (κ1) is 17.1. The summed E-state index contributed by atoms with van der Waals surface area (Å²) in [6, 6.07) is 9.94. The molecule has 20 heavy (non-hydrogen) atoms. The molecule has 4 heteroatoms. The summed E-state index contributed by atoms with van der Waals surface area (Å²) in [5.74, 6) is 0. The zero-order valence-electron chi connectivity index (χ0n) is 12.6. The molecule has 0 aliphatic heterocycles. The van der Waals surface area contributed by atoms with Crippen LogP contribution in [-0.4, -0.2) is 44.7 Å². The zero-order valence-corrected chi connectivity index (χ0v) is 12.6. The minimum atomic E-state index is -0.541. The molecular weight excluding hydrogens is 254 g/mol. The van der Waals surface area contributed by atoms with E-state index in [9.17, 15) is 5.11 Å². The molecule has 2 N–H and O–H groups in total. The van der Waals surface area contributed by atoms with Crippen molar-refractivity contribution in [3.8, 4) is 0 Å². The first-order chi connectivity index (χ1) is 9.79. The monoisotopic (exact) mass is 281 g/mol. The van der Waals surface area contributed by atoms with Crippen molar-refractivity contribution in [1.29, 1.82) is 0 Å². The highest BCUT2D eigenvalue weighted by Crippen LogP contribution is 2.21. The van der Waals surface area contributed by atoms with Crippen LogP contribution in [0, 0.1) is 0 Å². The van der Waals surface area contributed by atoms with E-state index >= 15 is 0 Å². The average molecular weight is 281 g/mol. The van der Waals surface area contributed by atoms with Crippen LogP contribution in [0.1, 0.15) is 25.8 Å². The smallest absolute Gasteiger partial charge is 0.0905 e. The number of hydrogen-bond donors (Lipinski definition) is 2. The van der Waals surface area contributed by atoms with Crippen LogP contribution in [0.25, 0.3) is 0 Å². The van der Waals surface area contributed by atoms with Gasteiger partial charge in [0.05, 0.1) is 32.0 Å². The first-order valence-electron chi connectivity index (χ1n) is 7.36. The molecule has 0 aliphatic rings. The molecule has 1 atom stereocenters. The van der Waals surface area contributed by atoms with E-state index in [4.69, 9.17) is 9.47 Å². The van der Waals surface area contributed by atoms with Gasteiger partial charge in [-0.05, 0) is 18.5 Å². The Bertz CT molecular complexity index is 345. The Morgan fingerprint density at radius 1 is 1.05 bits per heavy atom. The van der Waals surface area contributed by atoms with Crippen molar-refractivity contribution in [2.45, 2.75) is 25.8 Å². The van der Waals surface area contributed by atoms with Crippen molar-refractivity contribution < 1.29 is 14.6 Å². The van der Waals surface area contributed by atoms with E-state index < -0.39 is 5.54 Å². The molecule has 1 aromatic rings. The molecule has 0 aromatic heterocycles. The molecule has 0 heterocycles. The molecule has 4 nitrogen and oxygen atoms in total. The summed E-state index contributed by atoms with van der Waals surface area (Å²) in [5.41, 5.74) is 0.500. The number of benzene rings is 1. The molecule has 0 saturated carbocycles. The SMILES string of the molecule is CCCOCCOCC(CO)(NCC)c1ccccc1. The average Bonchev–Trinajstić information content (AvgIpc) is 2.50. The molecule has 1 unspecified atom stereocenters. The van der Waals surface area contributed by atoms with Gasteiger partial charge < -0.3 is 19.9 Å². The van der Waals surface area contributed by atoms with Gasteiger partial charge in [0.25, 0.3) is 0 Å². The van der Waals surface area contributed by atoms with Crippen LogP contribution < -0.4 is 5.32 Å². The second kappa shape index (κ2) is 9.88. The van der Waals surface area contributed by atoms with Gasteiger partial charge in [-0.25, -0.2) is 0 Å². The maximum absolute atomic E-state index is 9.83. The predicted molar refractivity (Wildman–Crippen MR) is 80.8 cm³/mol. The second-order valence-corrected chi connectivity index (χ2v) is 4.80. The van der Waals surface area contributed by atoms with Crippen molar-refractivity contribution in [2.24, 2.45) is 0 Å². The fourth-order valence-corrected chi connectivity index (χ4v) is 2.14. The highest BCUT2D eigenvalue weighted by molar-refractivity contribution is 5.25. The van der Waals surface area contributed by atoms with Crippen LogP contribution in [-0.2, 0) is 15.0 Å². The number of ether oxygens (including phenoxy) is 2. The van der Waals surface area contributed by atoms with Gasteiger partial charge in [-0.15, -0.1) is 0 Å². The van der Waals surface area contributed by atoms with Gasteiger partial charge in [0.2, 0.25) is 0 Å². The Morgan fingerprint density at radius 2 is 1.75 bits per heavy atom. The highest BCUT2D eigenvalue weighted by Gasteiger charge is 2.30. The summed E-state index contributed by atoms with van der Waals surface area (Å²) < 4.78 is 11.1. The van der Waals surface area contributed by atoms with Crippen molar-refractivity contribution in [2.75, 3.05) is 39.6 Å². The highest BCUT2D eigenvalue weighted by atomic mass is 16.5. The normalized spacial score (nSPS) is 14.2. The lowest BCUT2D eigenvalue weighted by molar-refractivity contribution is 0.00206. The van der Waals surface area contributed by atoms with Gasteiger partial charge >= 0.3 is 0 Å². The van der Waals surface area contributed by atoms with Crippen molar-refractivity contribution >= 4 is 0 Å². The molecule has 1 aromatic carbocycles. The summed E-state index contributed by atoms with van der Waals surface area (Å²) in [5, 5.41) is 13.2. The van der Waals surface area contributed by atoms with E-state index in [0.717, 1.165) is 25.1 Å². The number of aliphatic hydroxyl groups excluding tert-OH is 1. The van der Waals surface area contributed by atoms with Crippen LogP contribution >= 0.6 is 0 Å². The third-order valence-electron chi connectivity index (χ3n) is 3.18. The molecule has 0 fully saturated rings. The number of aliphatic hydroxyl groups is 1. The van der Waals surface area contributed by atoms with Crippen LogP contribution in [0.15, 0.2) is 30.3 Å². The summed E-state index contributed by atoms with van der Waals surface area (Å²) in [4.78, 5) is 0. The quantitative estimate of drug-likeness (QED) is 0.609. The van der Waals surface area contributed by atoms with E-state index in [2.05, 4.69) is 12.2 Å². The van der Waals surface area contributed by atoms with Crippen LogP contribution in [0.5, 0.6) is 0 Å². The van der Waals surface area contributed by atoms with E-state index in [1.165, 1.54) is 0 Å². The van der Waals surface area contributed by atoms with Crippen LogP contribution in [0.4, 0.5) is 0 Å². The topological polar surface area (TPSA) is 50.7 Å². The summed E-state index contributed by atoms with van der Waals surface area (Å²) in [6.45, 7) is 7.20. The minimum Gasteiger partial charge on any atom is -0.394 e. The lowest BCUT2D eigenvalue weighted by Crippen LogP contribution is -2.49. The largest absolute Gasteiger partial charge is 0.394 e.